The Labute approximate surface area is 179 Å². The van der Waals surface area contributed by atoms with Gasteiger partial charge in [0.05, 0.1) is 12.0 Å². The van der Waals surface area contributed by atoms with Gasteiger partial charge < -0.3 is 14.8 Å². The SMILES string of the molecule is CCN1C(=O)S/C(=C\c2cccc(OC)c2OCC(=O)Nc2ccc(C)cc2)C1=O. The van der Waals surface area contributed by atoms with Gasteiger partial charge in [-0.25, -0.2) is 0 Å². The van der Waals surface area contributed by atoms with E-state index in [4.69, 9.17) is 9.47 Å². The fourth-order valence-corrected chi connectivity index (χ4v) is 3.74. The average molecular weight is 426 g/mol. The standard InChI is InChI=1S/C22H22N2O5S/c1-4-24-21(26)18(30-22(24)27)12-15-6-5-7-17(28-3)20(15)29-13-19(25)23-16-10-8-14(2)9-11-16/h5-12H,4,13H2,1-3H3,(H,23,25)/b18-12-. The fourth-order valence-electron chi connectivity index (χ4n) is 2.85. The van der Waals surface area contributed by atoms with E-state index < -0.39 is 0 Å². The molecule has 7 nitrogen and oxygen atoms in total. The Morgan fingerprint density at radius 2 is 1.90 bits per heavy atom. The summed E-state index contributed by atoms with van der Waals surface area (Å²) in [6, 6.07) is 12.6. The van der Waals surface area contributed by atoms with Crippen molar-refractivity contribution >= 4 is 40.6 Å². The highest BCUT2D eigenvalue weighted by Crippen LogP contribution is 2.37. The predicted octanol–water partition coefficient (Wildman–Crippen LogP) is 4.08. The van der Waals surface area contributed by atoms with Gasteiger partial charge in [-0.2, -0.15) is 0 Å². The first-order valence-corrected chi connectivity index (χ1v) is 10.2. The largest absolute Gasteiger partial charge is 0.493 e. The van der Waals surface area contributed by atoms with Gasteiger partial charge in [0.1, 0.15) is 0 Å². The number of para-hydroxylation sites is 1. The minimum absolute atomic E-state index is 0.245. The maximum Gasteiger partial charge on any atom is 0.293 e. The molecule has 8 heteroatoms. The molecule has 0 aromatic heterocycles. The second-order valence-electron chi connectivity index (χ2n) is 6.51. The van der Waals surface area contributed by atoms with Crippen LogP contribution < -0.4 is 14.8 Å². The van der Waals surface area contributed by atoms with Crippen molar-refractivity contribution in [1.29, 1.82) is 0 Å². The zero-order valence-electron chi connectivity index (χ0n) is 16.9. The third-order valence-electron chi connectivity index (χ3n) is 4.39. The second kappa shape index (κ2) is 9.49. The molecule has 3 amide bonds. The first kappa shape index (κ1) is 21.4. The number of carbonyl (C=O) groups excluding carboxylic acids is 3. The predicted molar refractivity (Wildman–Crippen MR) is 117 cm³/mol. The van der Waals surface area contributed by atoms with Crippen LogP contribution in [0.3, 0.4) is 0 Å². The summed E-state index contributed by atoms with van der Waals surface area (Å²) in [5, 5.41) is 2.46. The van der Waals surface area contributed by atoms with Crippen molar-refractivity contribution in [3.63, 3.8) is 0 Å². The number of imide groups is 1. The number of likely N-dealkylation sites (N-methyl/N-ethyl adjacent to an activating group) is 1. The smallest absolute Gasteiger partial charge is 0.293 e. The maximum atomic E-state index is 12.4. The van der Waals surface area contributed by atoms with E-state index in [0.29, 0.717) is 34.2 Å². The molecule has 0 aliphatic carbocycles. The first-order chi connectivity index (χ1) is 14.4. The number of nitrogens with one attached hydrogen (secondary N) is 1. The highest BCUT2D eigenvalue weighted by atomic mass is 32.2. The van der Waals surface area contributed by atoms with Crippen LogP contribution >= 0.6 is 11.8 Å². The van der Waals surface area contributed by atoms with Crippen LogP contribution in [0.2, 0.25) is 0 Å². The van der Waals surface area contributed by atoms with Crippen LogP contribution in [-0.4, -0.2) is 42.2 Å². The van der Waals surface area contributed by atoms with Crippen LogP contribution in [0.25, 0.3) is 6.08 Å². The molecule has 1 aliphatic rings. The molecule has 0 atom stereocenters. The van der Waals surface area contributed by atoms with Gasteiger partial charge in [0.25, 0.3) is 17.1 Å². The summed E-state index contributed by atoms with van der Waals surface area (Å²) in [5.41, 5.74) is 2.30. The molecule has 1 heterocycles. The molecule has 0 saturated carbocycles. The molecule has 1 saturated heterocycles. The zero-order chi connectivity index (χ0) is 21.7. The van der Waals surface area contributed by atoms with E-state index in [1.807, 2.05) is 31.2 Å². The van der Waals surface area contributed by atoms with Crippen LogP contribution in [0.15, 0.2) is 47.4 Å². The van der Waals surface area contributed by atoms with Crippen molar-refractivity contribution in [3.8, 4) is 11.5 Å². The van der Waals surface area contributed by atoms with E-state index in [1.165, 1.54) is 12.0 Å². The lowest BCUT2D eigenvalue weighted by Crippen LogP contribution is -2.27. The van der Waals surface area contributed by atoms with Crippen molar-refractivity contribution in [2.45, 2.75) is 13.8 Å². The Bertz CT molecular complexity index is 1000. The molecule has 156 valence electrons. The summed E-state index contributed by atoms with van der Waals surface area (Å²) in [6.45, 7) is 3.77. The Morgan fingerprint density at radius 3 is 2.53 bits per heavy atom. The van der Waals surface area contributed by atoms with Crippen LogP contribution in [0.1, 0.15) is 18.1 Å². The quantitative estimate of drug-likeness (QED) is 0.672. The van der Waals surface area contributed by atoms with E-state index in [9.17, 15) is 14.4 Å². The van der Waals surface area contributed by atoms with Gasteiger partial charge in [0, 0.05) is 17.8 Å². The van der Waals surface area contributed by atoms with Crippen LogP contribution in [0, 0.1) is 6.92 Å². The molecular formula is C22H22N2O5S. The molecule has 2 aromatic rings. The molecule has 3 rings (SSSR count). The zero-order valence-corrected chi connectivity index (χ0v) is 17.7. The van der Waals surface area contributed by atoms with E-state index in [0.717, 1.165) is 17.3 Å². The second-order valence-corrected chi connectivity index (χ2v) is 7.50. The molecule has 0 radical (unpaired) electrons. The van der Waals surface area contributed by atoms with E-state index in [2.05, 4.69) is 5.32 Å². The van der Waals surface area contributed by atoms with Crippen LogP contribution in [0.4, 0.5) is 10.5 Å². The highest BCUT2D eigenvalue weighted by Gasteiger charge is 2.34. The number of benzene rings is 2. The van der Waals surface area contributed by atoms with Gasteiger partial charge in [-0.15, -0.1) is 0 Å². The van der Waals surface area contributed by atoms with Gasteiger partial charge in [-0.3, -0.25) is 19.3 Å². The first-order valence-electron chi connectivity index (χ1n) is 9.34. The van der Waals surface area contributed by atoms with Gasteiger partial charge >= 0.3 is 0 Å². The molecule has 30 heavy (non-hydrogen) atoms. The maximum absolute atomic E-state index is 12.4. The Kier molecular flexibility index (Phi) is 6.79. The Morgan fingerprint density at radius 1 is 1.17 bits per heavy atom. The molecular weight excluding hydrogens is 404 g/mol. The summed E-state index contributed by atoms with van der Waals surface area (Å²) in [7, 11) is 1.49. The summed E-state index contributed by atoms with van der Waals surface area (Å²) >= 11 is 0.874. The van der Waals surface area contributed by atoms with Gasteiger partial charge in [-0.1, -0.05) is 29.8 Å². The minimum Gasteiger partial charge on any atom is -0.493 e. The number of thioether (sulfide) groups is 1. The normalized spacial score (nSPS) is 14.9. The third kappa shape index (κ3) is 4.83. The van der Waals surface area contributed by atoms with Crippen molar-refractivity contribution < 1.29 is 23.9 Å². The number of aryl methyl sites for hydroxylation is 1. The minimum atomic E-state index is -0.349. The molecule has 1 aliphatic heterocycles. The van der Waals surface area contributed by atoms with Gasteiger partial charge in [0.2, 0.25) is 0 Å². The molecule has 0 spiro atoms. The lowest BCUT2D eigenvalue weighted by atomic mass is 10.1. The monoisotopic (exact) mass is 426 g/mol. The molecule has 0 bridgehead atoms. The van der Waals surface area contributed by atoms with Crippen LogP contribution in [0.5, 0.6) is 11.5 Å². The molecule has 2 aromatic carbocycles. The number of amides is 3. The van der Waals surface area contributed by atoms with Gasteiger partial charge in [0.15, 0.2) is 18.1 Å². The number of hydrogen-bond donors (Lipinski definition) is 1. The summed E-state index contributed by atoms with van der Waals surface area (Å²) in [4.78, 5) is 38.1. The number of carbonyl (C=O) groups is 3. The van der Waals surface area contributed by atoms with Gasteiger partial charge in [-0.05, 0) is 49.9 Å². The average Bonchev–Trinajstić information content (AvgIpc) is 3.00. The Balaban J connectivity index is 1.78. The van der Waals surface area contributed by atoms with Crippen molar-refractivity contribution in [3.05, 3.63) is 58.5 Å². The lowest BCUT2D eigenvalue weighted by molar-refractivity contribution is -0.122. The van der Waals surface area contributed by atoms with Crippen molar-refractivity contribution in [2.75, 3.05) is 25.6 Å². The summed E-state index contributed by atoms with van der Waals surface area (Å²) in [6.07, 6.45) is 1.58. The highest BCUT2D eigenvalue weighted by molar-refractivity contribution is 8.18. The number of anilines is 1. The molecule has 1 N–H and O–H groups in total. The van der Waals surface area contributed by atoms with Crippen molar-refractivity contribution in [1.82, 2.24) is 4.90 Å². The number of ether oxygens (including phenoxy) is 2. The molecule has 0 unspecified atom stereocenters. The van der Waals surface area contributed by atoms with E-state index in [-0.39, 0.29) is 23.7 Å². The molecule has 1 fully saturated rings. The number of nitrogens with zero attached hydrogens (tertiary/aromatic N) is 1. The fraction of sp³-hybridized carbons (Fsp3) is 0.227. The number of methoxy groups -OCH3 is 1. The number of hydrogen-bond acceptors (Lipinski definition) is 6. The van der Waals surface area contributed by atoms with Crippen molar-refractivity contribution in [2.24, 2.45) is 0 Å². The van der Waals surface area contributed by atoms with E-state index in [1.54, 1.807) is 31.2 Å². The van der Waals surface area contributed by atoms with E-state index >= 15 is 0 Å². The summed E-state index contributed by atoms with van der Waals surface area (Å²) < 4.78 is 11.1. The Hall–Kier alpha value is -3.26. The van der Waals surface area contributed by atoms with Crippen LogP contribution in [-0.2, 0) is 9.59 Å². The summed E-state index contributed by atoms with van der Waals surface area (Å²) in [5.74, 6) is 0.0596. The topological polar surface area (TPSA) is 84.9 Å². The third-order valence-corrected chi connectivity index (χ3v) is 5.30. The number of rotatable bonds is 7. The lowest BCUT2D eigenvalue weighted by Gasteiger charge is -2.14.